The van der Waals surface area contributed by atoms with Gasteiger partial charge in [0.1, 0.15) is 5.82 Å². The summed E-state index contributed by atoms with van der Waals surface area (Å²) in [6.45, 7) is 0.911. The second-order valence-electron chi connectivity index (χ2n) is 4.31. The van der Waals surface area contributed by atoms with Crippen molar-refractivity contribution in [1.29, 1.82) is 0 Å². The number of rotatable bonds is 5. The molecule has 1 aromatic carbocycles. The molecule has 1 aliphatic heterocycles. The van der Waals surface area contributed by atoms with Crippen LogP contribution in [0.25, 0.3) is 0 Å². The van der Waals surface area contributed by atoms with E-state index in [2.05, 4.69) is 0 Å². The smallest absolute Gasteiger partial charge is 0.124 e. The molecule has 2 N–H and O–H groups in total. The first-order valence-electron chi connectivity index (χ1n) is 6.05. The quantitative estimate of drug-likeness (QED) is 0.497. The molecule has 1 unspecified atom stereocenters. The van der Waals surface area contributed by atoms with E-state index in [0.29, 0.717) is 11.8 Å². The molecule has 0 aliphatic carbocycles. The van der Waals surface area contributed by atoms with Gasteiger partial charge in [0.15, 0.2) is 0 Å². The Hall–Kier alpha value is -0.740. The average molecular weight is 255 g/mol. The molecule has 0 aromatic heterocycles. The van der Waals surface area contributed by atoms with Crippen LogP contribution in [0.1, 0.15) is 25.7 Å². The van der Waals surface area contributed by atoms with Gasteiger partial charge in [0.05, 0.1) is 6.10 Å². The number of benzene rings is 1. The van der Waals surface area contributed by atoms with E-state index in [1.165, 1.54) is 25.0 Å². The van der Waals surface area contributed by atoms with Gasteiger partial charge in [-0.25, -0.2) is 4.39 Å². The standard InChI is InChI=1S/C13H18FNOS/c14-10-5-6-12(15)13(9-10)17-8-2-4-11-3-1-7-16-11/h5-6,9,11H,1-4,7-8,15H2. The van der Waals surface area contributed by atoms with Crippen molar-refractivity contribution in [1.82, 2.24) is 0 Å². The normalized spacial score (nSPS) is 19.7. The van der Waals surface area contributed by atoms with Gasteiger partial charge in [-0.05, 0) is 49.6 Å². The fraction of sp³-hybridized carbons (Fsp3) is 0.538. The first kappa shape index (κ1) is 12.7. The molecular weight excluding hydrogens is 237 g/mol. The third-order valence-electron chi connectivity index (χ3n) is 2.93. The average Bonchev–Trinajstić information content (AvgIpc) is 2.82. The Bertz CT molecular complexity index is 366. The summed E-state index contributed by atoms with van der Waals surface area (Å²) in [5.41, 5.74) is 6.44. The molecule has 2 nitrogen and oxygen atoms in total. The maximum absolute atomic E-state index is 13.0. The van der Waals surface area contributed by atoms with E-state index in [1.807, 2.05) is 0 Å². The summed E-state index contributed by atoms with van der Waals surface area (Å²) < 4.78 is 18.6. The largest absolute Gasteiger partial charge is 0.398 e. The zero-order valence-electron chi connectivity index (χ0n) is 9.82. The van der Waals surface area contributed by atoms with Crippen LogP contribution in [0.3, 0.4) is 0 Å². The SMILES string of the molecule is Nc1ccc(F)cc1SCCCC1CCCO1. The molecule has 1 atom stereocenters. The predicted octanol–water partition coefficient (Wildman–Crippen LogP) is 3.46. The van der Waals surface area contributed by atoms with Crippen molar-refractivity contribution < 1.29 is 9.13 Å². The van der Waals surface area contributed by atoms with Crippen molar-refractivity contribution in [2.75, 3.05) is 18.1 Å². The Morgan fingerprint density at radius 3 is 3.12 bits per heavy atom. The van der Waals surface area contributed by atoms with Crippen molar-refractivity contribution in [2.45, 2.75) is 36.7 Å². The lowest BCUT2D eigenvalue weighted by Crippen LogP contribution is -2.04. The highest BCUT2D eigenvalue weighted by atomic mass is 32.2. The van der Waals surface area contributed by atoms with Crippen LogP contribution in [0.15, 0.2) is 23.1 Å². The van der Waals surface area contributed by atoms with Crippen LogP contribution in [0.4, 0.5) is 10.1 Å². The molecule has 1 aromatic rings. The Morgan fingerprint density at radius 1 is 1.47 bits per heavy atom. The summed E-state index contributed by atoms with van der Waals surface area (Å²) in [5.74, 6) is 0.744. The monoisotopic (exact) mass is 255 g/mol. The van der Waals surface area contributed by atoms with Gasteiger partial charge in [0.2, 0.25) is 0 Å². The van der Waals surface area contributed by atoms with E-state index in [4.69, 9.17) is 10.5 Å². The second-order valence-corrected chi connectivity index (χ2v) is 5.44. The van der Waals surface area contributed by atoms with Crippen LogP contribution in [0, 0.1) is 5.82 Å². The van der Waals surface area contributed by atoms with Gasteiger partial charge in [-0.2, -0.15) is 0 Å². The van der Waals surface area contributed by atoms with Crippen LogP contribution in [0.5, 0.6) is 0 Å². The fourth-order valence-corrected chi connectivity index (χ4v) is 2.96. The highest BCUT2D eigenvalue weighted by Crippen LogP contribution is 2.27. The number of ether oxygens (including phenoxy) is 1. The molecule has 1 aliphatic rings. The van der Waals surface area contributed by atoms with E-state index in [0.717, 1.165) is 30.1 Å². The highest BCUT2D eigenvalue weighted by Gasteiger charge is 2.14. The van der Waals surface area contributed by atoms with Crippen molar-refractivity contribution in [3.05, 3.63) is 24.0 Å². The van der Waals surface area contributed by atoms with Crippen LogP contribution < -0.4 is 5.73 Å². The first-order chi connectivity index (χ1) is 8.25. The van der Waals surface area contributed by atoms with Crippen LogP contribution in [0.2, 0.25) is 0 Å². The summed E-state index contributed by atoms with van der Waals surface area (Å²) >= 11 is 1.62. The molecule has 1 heterocycles. The lowest BCUT2D eigenvalue weighted by atomic mass is 10.1. The number of hydrogen-bond acceptors (Lipinski definition) is 3. The summed E-state index contributed by atoms with van der Waals surface area (Å²) in [5, 5.41) is 0. The van der Waals surface area contributed by atoms with Gasteiger partial charge in [0.25, 0.3) is 0 Å². The molecule has 17 heavy (non-hydrogen) atoms. The summed E-state index contributed by atoms with van der Waals surface area (Å²) in [7, 11) is 0. The molecule has 1 saturated heterocycles. The number of thioether (sulfide) groups is 1. The maximum Gasteiger partial charge on any atom is 0.124 e. The first-order valence-corrected chi connectivity index (χ1v) is 7.03. The molecule has 2 rings (SSSR count). The van der Waals surface area contributed by atoms with Crippen LogP contribution >= 0.6 is 11.8 Å². The molecular formula is C13H18FNOS. The van der Waals surface area contributed by atoms with Gasteiger partial charge in [-0.1, -0.05) is 0 Å². The Kier molecular flexibility index (Phi) is 4.68. The Labute approximate surface area is 106 Å². The minimum atomic E-state index is -0.221. The minimum Gasteiger partial charge on any atom is -0.398 e. The molecule has 0 saturated carbocycles. The molecule has 0 bridgehead atoms. The number of anilines is 1. The van der Waals surface area contributed by atoms with Crippen molar-refractivity contribution in [2.24, 2.45) is 0 Å². The molecule has 0 amide bonds. The number of nitrogens with two attached hydrogens (primary N) is 1. The molecule has 94 valence electrons. The molecule has 4 heteroatoms. The third-order valence-corrected chi connectivity index (χ3v) is 4.08. The van der Waals surface area contributed by atoms with Gasteiger partial charge >= 0.3 is 0 Å². The Balaban J connectivity index is 1.72. The van der Waals surface area contributed by atoms with Crippen molar-refractivity contribution in [3.8, 4) is 0 Å². The zero-order chi connectivity index (χ0) is 12.1. The van der Waals surface area contributed by atoms with E-state index in [-0.39, 0.29) is 5.82 Å². The van der Waals surface area contributed by atoms with Crippen LogP contribution in [-0.4, -0.2) is 18.5 Å². The Morgan fingerprint density at radius 2 is 2.35 bits per heavy atom. The number of nitrogen functional groups attached to an aromatic ring is 1. The van der Waals surface area contributed by atoms with Crippen molar-refractivity contribution >= 4 is 17.4 Å². The molecule has 0 spiro atoms. The summed E-state index contributed by atoms with van der Waals surface area (Å²) in [6, 6.07) is 4.52. The van der Waals surface area contributed by atoms with Gasteiger partial charge in [-0.15, -0.1) is 11.8 Å². The third kappa shape index (κ3) is 3.89. The fourth-order valence-electron chi connectivity index (χ4n) is 2.00. The van der Waals surface area contributed by atoms with Gasteiger partial charge < -0.3 is 10.5 Å². The lowest BCUT2D eigenvalue weighted by molar-refractivity contribution is 0.104. The van der Waals surface area contributed by atoms with Gasteiger partial charge in [-0.3, -0.25) is 0 Å². The van der Waals surface area contributed by atoms with E-state index >= 15 is 0 Å². The van der Waals surface area contributed by atoms with E-state index < -0.39 is 0 Å². The van der Waals surface area contributed by atoms with Gasteiger partial charge in [0, 0.05) is 17.2 Å². The van der Waals surface area contributed by atoms with Crippen molar-refractivity contribution in [3.63, 3.8) is 0 Å². The minimum absolute atomic E-state index is 0.221. The highest BCUT2D eigenvalue weighted by molar-refractivity contribution is 7.99. The summed E-state index contributed by atoms with van der Waals surface area (Å²) in [6.07, 6.45) is 5.01. The second kappa shape index (κ2) is 6.26. The molecule has 0 radical (unpaired) electrons. The molecule has 1 fully saturated rings. The topological polar surface area (TPSA) is 35.2 Å². The number of halogens is 1. The summed E-state index contributed by atoms with van der Waals surface area (Å²) in [4.78, 5) is 0.845. The zero-order valence-corrected chi connectivity index (χ0v) is 10.6. The lowest BCUT2D eigenvalue weighted by Gasteiger charge is -2.09. The van der Waals surface area contributed by atoms with E-state index in [1.54, 1.807) is 17.8 Å². The van der Waals surface area contributed by atoms with E-state index in [9.17, 15) is 4.39 Å². The van der Waals surface area contributed by atoms with Crippen LogP contribution in [-0.2, 0) is 4.74 Å². The maximum atomic E-state index is 13.0. The predicted molar refractivity (Wildman–Crippen MR) is 69.7 cm³/mol. The number of hydrogen-bond donors (Lipinski definition) is 1.